The van der Waals surface area contributed by atoms with Crippen molar-refractivity contribution in [3.8, 4) is 11.4 Å². The predicted molar refractivity (Wildman–Crippen MR) is 106 cm³/mol. The van der Waals surface area contributed by atoms with E-state index in [9.17, 15) is 13.2 Å². The lowest BCUT2D eigenvalue weighted by Crippen LogP contribution is -2.41. The minimum atomic E-state index is -3.90. The molecule has 1 aromatic heterocycles. The molecule has 0 fully saturated rings. The molecule has 0 spiro atoms. The monoisotopic (exact) mass is 399 g/mol. The summed E-state index contributed by atoms with van der Waals surface area (Å²) in [4.78, 5) is 14.7. The summed E-state index contributed by atoms with van der Waals surface area (Å²) >= 11 is 0. The standard InChI is InChI=1S/C20H21N3O4S/c1-14-13-19(15(2)23(14)16-7-5-4-6-8-16)20(24)21-22-28(25,26)18-11-9-17(27-3)10-12-18/h4-13,22H,1-3H3,(H,21,24). The molecular formula is C20H21N3O4S. The second-order valence-corrected chi connectivity index (χ2v) is 7.87. The Kier molecular flexibility index (Phi) is 5.53. The lowest BCUT2D eigenvalue weighted by atomic mass is 10.2. The normalized spacial score (nSPS) is 11.2. The molecule has 2 N–H and O–H groups in total. The van der Waals surface area contributed by atoms with Crippen LogP contribution in [-0.2, 0) is 10.0 Å². The molecule has 2 aromatic carbocycles. The molecule has 28 heavy (non-hydrogen) atoms. The molecule has 0 bridgehead atoms. The number of nitrogens with zero attached hydrogens (tertiary/aromatic N) is 1. The van der Waals surface area contributed by atoms with Gasteiger partial charge in [-0.25, -0.2) is 8.42 Å². The Bertz CT molecular complexity index is 1090. The number of ether oxygens (including phenoxy) is 1. The van der Waals surface area contributed by atoms with E-state index in [1.54, 1.807) is 6.07 Å². The number of carbonyl (C=O) groups is 1. The van der Waals surface area contributed by atoms with Gasteiger partial charge >= 0.3 is 0 Å². The Labute approximate surface area is 164 Å². The SMILES string of the molecule is COc1ccc(S(=O)(=O)NNC(=O)c2cc(C)n(-c3ccccc3)c2C)cc1. The second kappa shape index (κ2) is 7.87. The number of sulfonamides is 1. The largest absolute Gasteiger partial charge is 0.497 e. The smallest absolute Gasteiger partial charge is 0.268 e. The van der Waals surface area contributed by atoms with E-state index in [1.165, 1.54) is 31.4 Å². The van der Waals surface area contributed by atoms with Crippen LogP contribution in [0.25, 0.3) is 5.69 Å². The van der Waals surface area contributed by atoms with E-state index >= 15 is 0 Å². The van der Waals surface area contributed by atoms with E-state index in [0.29, 0.717) is 17.0 Å². The molecule has 0 aliphatic rings. The van der Waals surface area contributed by atoms with Crippen molar-refractivity contribution in [1.29, 1.82) is 0 Å². The highest BCUT2D eigenvalue weighted by molar-refractivity contribution is 7.89. The summed E-state index contributed by atoms with van der Waals surface area (Å²) in [6.07, 6.45) is 0. The van der Waals surface area contributed by atoms with Crippen molar-refractivity contribution in [2.75, 3.05) is 7.11 Å². The van der Waals surface area contributed by atoms with Crippen LogP contribution in [0.1, 0.15) is 21.7 Å². The van der Waals surface area contributed by atoms with Gasteiger partial charge < -0.3 is 9.30 Å². The summed E-state index contributed by atoms with van der Waals surface area (Å²) in [5.74, 6) is 0.00343. The first kappa shape index (κ1) is 19.7. The van der Waals surface area contributed by atoms with Crippen LogP contribution >= 0.6 is 0 Å². The van der Waals surface area contributed by atoms with Crippen molar-refractivity contribution >= 4 is 15.9 Å². The van der Waals surface area contributed by atoms with Gasteiger partial charge in [-0.3, -0.25) is 10.2 Å². The molecule has 7 nitrogen and oxygen atoms in total. The van der Waals surface area contributed by atoms with E-state index in [2.05, 4.69) is 10.3 Å². The Morgan fingerprint density at radius 1 is 1.00 bits per heavy atom. The number of hydrogen-bond donors (Lipinski definition) is 2. The maximum atomic E-state index is 12.6. The third-order valence-corrected chi connectivity index (χ3v) is 5.62. The molecule has 3 rings (SSSR count). The van der Waals surface area contributed by atoms with Crippen LogP contribution < -0.4 is 15.0 Å². The van der Waals surface area contributed by atoms with Crippen LogP contribution in [0.3, 0.4) is 0 Å². The first-order chi connectivity index (χ1) is 13.3. The molecular weight excluding hydrogens is 378 g/mol. The van der Waals surface area contributed by atoms with Gasteiger partial charge in [-0.05, 0) is 56.3 Å². The lowest BCUT2D eigenvalue weighted by Gasteiger charge is -2.11. The van der Waals surface area contributed by atoms with Crippen molar-refractivity contribution in [3.05, 3.63) is 77.6 Å². The van der Waals surface area contributed by atoms with E-state index in [4.69, 9.17) is 4.74 Å². The molecule has 1 amide bonds. The van der Waals surface area contributed by atoms with Crippen molar-refractivity contribution < 1.29 is 17.9 Å². The zero-order chi connectivity index (χ0) is 20.3. The summed E-state index contributed by atoms with van der Waals surface area (Å²) in [6, 6.07) is 17.2. The highest BCUT2D eigenvalue weighted by atomic mass is 32.2. The summed E-state index contributed by atoms with van der Waals surface area (Å²) in [6.45, 7) is 3.70. The van der Waals surface area contributed by atoms with E-state index < -0.39 is 15.9 Å². The lowest BCUT2D eigenvalue weighted by molar-refractivity contribution is 0.0944. The topological polar surface area (TPSA) is 89.4 Å². The number of para-hydroxylation sites is 1. The van der Waals surface area contributed by atoms with E-state index in [0.717, 1.165) is 11.4 Å². The highest BCUT2D eigenvalue weighted by Gasteiger charge is 2.19. The number of methoxy groups -OCH3 is 1. The number of hydrazine groups is 1. The molecule has 146 valence electrons. The van der Waals surface area contributed by atoms with Gasteiger partial charge in [-0.15, -0.1) is 4.83 Å². The van der Waals surface area contributed by atoms with Crippen molar-refractivity contribution in [2.45, 2.75) is 18.7 Å². The van der Waals surface area contributed by atoms with Crippen LogP contribution in [0.5, 0.6) is 5.75 Å². The van der Waals surface area contributed by atoms with Gasteiger partial charge in [0.05, 0.1) is 17.6 Å². The Morgan fingerprint density at radius 2 is 1.64 bits per heavy atom. The van der Waals surface area contributed by atoms with E-state index in [1.807, 2.05) is 48.7 Å². The van der Waals surface area contributed by atoms with Gasteiger partial charge in [0.25, 0.3) is 15.9 Å². The minimum absolute atomic E-state index is 0.0170. The fourth-order valence-corrected chi connectivity index (χ4v) is 3.80. The minimum Gasteiger partial charge on any atom is -0.497 e. The first-order valence-electron chi connectivity index (χ1n) is 8.54. The molecule has 0 aliphatic carbocycles. The number of rotatable bonds is 6. The van der Waals surface area contributed by atoms with Crippen LogP contribution in [-0.4, -0.2) is 26.0 Å². The average Bonchev–Trinajstić information content (AvgIpc) is 3.01. The Morgan fingerprint density at radius 3 is 2.25 bits per heavy atom. The average molecular weight is 399 g/mol. The highest BCUT2D eigenvalue weighted by Crippen LogP contribution is 2.20. The van der Waals surface area contributed by atoms with Gasteiger partial charge in [0.15, 0.2) is 0 Å². The fraction of sp³-hybridized carbons (Fsp3) is 0.150. The fourth-order valence-electron chi connectivity index (χ4n) is 2.96. The van der Waals surface area contributed by atoms with Crippen molar-refractivity contribution in [2.24, 2.45) is 0 Å². The molecule has 0 radical (unpaired) electrons. The van der Waals surface area contributed by atoms with Crippen LogP contribution in [0.15, 0.2) is 65.6 Å². The molecule has 0 aliphatic heterocycles. The third-order valence-electron chi connectivity index (χ3n) is 4.36. The quantitative estimate of drug-likeness (QED) is 0.624. The van der Waals surface area contributed by atoms with Crippen LogP contribution in [0.4, 0.5) is 0 Å². The van der Waals surface area contributed by atoms with Crippen LogP contribution in [0.2, 0.25) is 0 Å². The number of amides is 1. The van der Waals surface area contributed by atoms with Crippen molar-refractivity contribution in [3.63, 3.8) is 0 Å². The Balaban J connectivity index is 1.78. The van der Waals surface area contributed by atoms with Gasteiger partial charge in [0, 0.05) is 17.1 Å². The van der Waals surface area contributed by atoms with Gasteiger partial charge in [-0.1, -0.05) is 18.2 Å². The number of hydrogen-bond acceptors (Lipinski definition) is 4. The maximum absolute atomic E-state index is 12.6. The molecule has 0 atom stereocenters. The zero-order valence-electron chi connectivity index (χ0n) is 15.8. The summed E-state index contributed by atoms with van der Waals surface area (Å²) in [7, 11) is -2.41. The summed E-state index contributed by atoms with van der Waals surface area (Å²) in [5.41, 5.74) is 5.17. The maximum Gasteiger partial charge on any atom is 0.268 e. The second-order valence-electron chi connectivity index (χ2n) is 6.19. The van der Waals surface area contributed by atoms with E-state index in [-0.39, 0.29) is 4.90 Å². The summed E-state index contributed by atoms with van der Waals surface area (Å²) < 4.78 is 31.7. The van der Waals surface area contributed by atoms with Gasteiger partial charge in [-0.2, -0.15) is 0 Å². The number of aromatic nitrogens is 1. The molecule has 3 aromatic rings. The van der Waals surface area contributed by atoms with Gasteiger partial charge in [0.1, 0.15) is 5.75 Å². The molecule has 1 heterocycles. The van der Waals surface area contributed by atoms with Crippen molar-refractivity contribution in [1.82, 2.24) is 14.8 Å². The molecule has 0 saturated carbocycles. The molecule has 0 unspecified atom stereocenters. The number of nitrogens with one attached hydrogen (secondary N) is 2. The summed E-state index contributed by atoms with van der Waals surface area (Å²) in [5, 5.41) is 0. The number of carbonyl (C=O) groups excluding carboxylic acids is 1. The predicted octanol–water partition coefficient (Wildman–Crippen LogP) is 2.73. The zero-order valence-corrected chi connectivity index (χ0v) is 16.6. The third kappa shape index (κ3) is 3.92. The number of benzene rings is 2. The molecule has 0 saturated heterocycles. The van der Waals surface area contributed by atoms with Gasteiger partial charge in [0.2, 0.25) is 0 Å². The first-order valence-corrected chi connectivity index (χ1v) is 10.0. The Hall–Kier alpha value is -3.10. The van der Waals surface area contributed by atoms with Crippen LogP contribution in [0, 0.1) is 13.8 Å². The number of aryl methyl sites for hydroxylation is 1. The molecule has 8 heteroatoms.